The smallest absolute Gasteiger partial charge is 0.314 e. The summed E-state index contributed by atoms with van der Waals surface area (Å²) in [5.74, 6) is -0.0747. The van der Waals surface area contributed by atoms with Crippen LogP contribution in [-0.2, 0) is 19.1 Å². The first kappa shape index (κ1) is 20.9. The van der Waals surface area contributed by atoms with Crippen LogP contribution in [0.4, 0.5) is 0 Å². The van der Waals surface area contributed by atoms with Crippen molar-refractivity contribution in [3.8, 4) is 0 Å². The van der Waals surface area contributed by atoms with Crippen molar-refractivity contribution >= 4 is 17.5 Å². The van der Waals surface area contributed by atoms with E-state index >= 15 is 0 Å². The van der Waals surface area contributed by atoms with E-state index in [4.69, 9.17) is 4.74 Å². The molecule has 0 radical (unpaired) electrons. The number of fused-ring (bicyclic) bond motifs is 3. The van der Waals surface area contributed by atoms with Gasteiger partial charge >= 0.3 is 5.97 Å². The molecule has 0 aromatic rings. The van der Waals surface area contributed by atoms with E-state index in [0.29, 0.717) is 25.0 Å². The average Bonchev–Trinajstić information content (AvgIpc) is 3.18. The van der Waals surface area contributed by atoms with E-state index in [1.165, 1.54) is 5.57 Å². The lowest BCUT2D eigenvalue weighted by Gasteiger charge is -2.52. The van der Waals surface area contributed by atoms with Crippen LogP contribution >= 0.6 is 0 Å². The molecule has 0 N–H and O–H groups in total. The van der Waals surface area contributed by atoms with E-state index in [1.807, 2.05) is 13.8 Å². The minimum absolute atomic E-state index is 0.0251. The number of Topliss-reactive ketones (excluding diaryl/α,β-unsaturated/α-hetero) is 1. The second-order valence-corrected chi connectivity index (χ2v) is 11.0. The number of ketones is 2. The maximum absolute atomic E-state index is 13.4. The molecule has 1 fully saturated rings. The van der Waals surface area contributed by atoms with Gasteiger partial charge in [0.1, 0.15) is 5.78 Å². The van der Waals surface area contributed by atoms with Crippen LogP contribution in [0.15, 0.2) is 34.4 Å². The van der Waals surface area contributed by atoms with Gasteiger partial charge in [-0.25, -0.2) is 0 Å². The van der Waals surface area contributed by atoms with Crippen LogP contribution in [-0.4, -0.2) is 23.6 Å². The van der Waals surface area contributed by atoms with Gasteiger partial charge in [-0.1, -0.05) is 38.0 Å². The monoisotopic (exact) mass is 422 g/mol. The SMILES string of the molecule is CCC(C)OC(=O)[C@@H]1CC2=CC(=O)CCC2(C)C2=C1C1=CC[C@@]3(C)CCC(=O)[C@@]13CC2. The standard InChI is InChI=1S/C27H34O4/c1-5-16(2)31-24(30)19-15-17-14-18(28)6-12-26(17,4)20-8-13-27-21(23(19)20)7-10-25(27,3)11-9-22(27)29/h7,14,16,19H,5-6,8-13,15H2,1-4H3/t16?,19-,25+,26?,27-/m1/s1. The summed E-state index contributed by atoms with van der Waals surface area (Å²) in [4.78, 5) is 39.1. The van der Waals surface area contributed by atoms with Crippen LogP contribution in [0.3, 0.4) is 0 Å². The van der Waals surface area contributed by atoms with Crippen LogP contribution in [0, 0.1) is 22.2 Å². The first-order valence-corrected chi connectivity index (χ1v) is 12.1. The Balaban J connectivity index is 1.68. The molecule has 2 unspecified atom stereocenters. The lowest BCUT2D eigenvalue weighted by molar-refractivity contribution is -0.152. The van der Waals surface area contributed by atoms with Gasteiger partial charge in [0.2, 0.25) is 0 Å². The highest BCUT2D eigenvalue weighted by atomic mass is 16.5. The average molecular weight is 423 g/mol. The molecule has 4 heteroatoms. The number of hydrogen-bond acceptors (Lipinski definition) is 4. The Hall–Kier alpha value is -1.97. The molecule has 0 saturated heterocycles. The molecule has 5 aliphatic carbocycles. The summed E-state index contributed by atoms with van der Waals surface area (Å²) in [5, 5.41) is 0. The van der Waals surface area contributed by atoms with Crippen molar-refractivity contribution in [1.82, 2.24) is 0 Å². The van der Waals surface area contributed by atoms with Crippen LogP contribution in [0.25, 0.3) is 0 Å². The summed E-state index contributed by atoms with van der Waals surface area (Å²) in [6.07, 6.45) is 10.8. The maximum Gasteiger partial charge on any atom is 0.314 e. The van der Waals surface area contributed by atoms with Gasteiger partial charge in [-0.15, -0.1) is 0 Å². The number of carbonyl (C=O) groups excluding carboxylic acids is 3. The van der Waals surface area contributed by atoms with Crippen molar-refractivity contribution < 1.29 is 19.1 Å². The van der Waals surface area contributed by atoms with Gasteiger partial charge in [0.15, 0.2) is 5.78 Å². The van der Waals surface area contributed by atoms with Gasteiger partial charge in [0, 0.05) is 18.3 Å². The molecular formula is C27H34O4. The molecule has 0 aliphatic heterocycles. The Kier molecular flexibility index (Phi) is 4.56. The van der Waals surface area contributed by atoms with Crippen LogP contribution in [0.1, 0.15) is 85.5 Å². The fourth-order valence-corrected chi connectivity index (χ4v) is 7.38. The summed E-state index contributed by atoms with van der Waals surface area (Å²) in [5.41, 5.74) is 3.99. The van der Waals surface area contributed by atoms with E-state index in [2.05, 4.69) is 19.9 Å². The molecule has 166 valence electrons. The summed E-state index contributed by atoms with van der Waals surface area (Å²) >= 11 is 0. The van der Waals surface area contributed by atoms with Crippen molar-refractivity contribution in [2.75, 3.05) is 0 Å². The van der Waals surface area contributed by atoms with Gasteiger partial charge in [-0.3, -0.25) is 14.4 Å². The van der Waals surface area contributed by atoms with E-state index < -0.39 is 11.3 Å². The summed E-state index contributed by atoms with van der Waals surface area (Å²) in [6.45, 7) is 8.47. The molecule has 4 nitrogen and oxygen atoms in total. The predicted octanol–water partition coefficient (Wildman–Crippen LogP) is 5.42. The zero-order chi connectivity index (χ0) is 22.2. The third kappa shape index (κ3) is 2.63. The van der Waals surface area contributed by atoms with Crippen molar-refractivity contribution in [1.29, 1.82) is 0 Å². The molecule has 0 aromatic heterocycles. The lowest BCUT2D eigenvalue weighted by atomic mass is 9.50. The Morgan fingerprint density at radius 1 is 1.16 bits per heavy atom. The second-order valence-electron chi connectivity index (χ2n) is 11.0. The van der Waals surface area contributed by atoms with Crippen molar-refractivity contribution in [2.24, 2.45) is 22.2 Å². The van der Waals surface area contributed by atoms with Crippen molar-refractivity contribution in [2.45, 2.75) is 91.6 Å². The van der Waals surface area contributed by atoms with Gasteiger partial charge < -0.3 is 4.74 Å². The van der Waals surface area contributed by atoms with E-state index in [-0.39, 0.29) is 28.7 Å². The number of hydrogen-bond donors (Lipinski definition) is 0. The number of rotatable bonds is 3. The first-order chi connectivity index (χ1) is 14.7. The molecule has 5 atom stereocenters. The van der Waals surface area contributed by atoms with Crippen LogP contribution in [0.2, 0.25) is 0 Å². The predicted molar refractivity (Wildman–Crippen MR) is 118 cm³/mol. The minimum atomic E-state index is -0.428. The number of ether oxygens (including phenoxy) is 1. The highest BCUT2D eigenvalue weighted by Gasteiger charge is 2.65. The maximum atomic E-state index is 13.4. The molecule has 0 amide bonds. The fourth-order valence-electron chi connectivity index (χ4n) is 7.38. The molecule has 5 aliphatic rings. The Bertz CT molecular complexity index is 981. The van der Waals surface area contributed by atoms with E-state index in [9.17, 15) is 14.4 Å². The fraction of sp³-hybridized carbons (Fsp3) is 0.667. The molecule has 0 heterocycles. The molecule has 5 rings (SSSR count). The molecule has 1 spiro atoms. The van der Waals surface area contributed by atoms with Crippen LogP contribution in [0.5, 0.6) is 0 Å². The van der Waals surface area contributed by atoms with Crippen molar-refractivity contribution in [3.63, 3.8) is 0 Å². The molecule has 31 heavy (non-hydrogen) atoms. The van der Waals surface area contributed by atoms with Gasteiger partial charge in [0.25, 0.3) is 0 Å². The number of allylic oxidation sites excluding steroid dienone is 5. The van der Waals surface area contributed by atoms with Gasteiger partial charge in [-0.05, 0) is 74.5 Å². The quantitative estimate of drug-likeness (QED) is 0.570. The molecule has 0 aromatic carbocycles. The minimum Gasteiger partial charge on any atom is -0.462 e. The van der Waals surface area contributed by atoms with Crippen molar-refractivity contribution in [3.05, 3.63) is 34.4 Å². The van der Waals surface area contributed by atoms with E-state index in [0.717, 1.165) is 55.2 Å². The second kappa shape index (κ2) is 6.76. The number of esters is 1. The topological polar surface area (TPSA) is 60.4 Å². The molecule has 0 bridgehead atoms. The van der Waals surface area contributed by atoms with Gasteiger partial charge in [-0.2, -0.15) is 0 Å². The normalized spacial score (nSPS) is 39.8. The number of carbonyl (C=O) groups is 3. The first-order valence-electron chi connectivity index (χ1n) is 12.1. The van der Waals surface area contributed by atoms with E-state index in [1.54, 1.807) is 6.08 Å². The Labute approximate surface area is 185 Å². The molecular weight excluding hydrogens is 388 g/mol. The Morgan fingerprint density at radius 2 is 1.94 bits per heavy atom. The summed E-state index contributed by atoms with van der Waals surface area (Å²) in [7, 11) is 0. The van der Waals surface area contributed by atoms with Crippen LogP contribution < -0.4 is 0 Å². The Morgan fingerprint density at radius 3 is 2.68 bits per heavy atom. The largest absolute Gasteiger partial charge is 0.462 e. The lowest BCUT2D eigenvalue weighted by Crippen LogP contribution is -2.47. The zero-order valence-electron chi connectivity index (χ0n) is 19.3. The van der Waals surface area contributed by atoms with Gasteiger partial charge in [0.05, 0.1) is 17.4 Å². The third-order valence-electron chi connectivity index (χ3n) is 9.52. The highest BCUT2D eigenvalue weighted by Crippen LogP contribution is 2.70. The summed E-state index contributed by atoms with van der Waals surface area (Å²) in [6, 6.07) is 0. The summed E-state index contributed by atoms with van der Waals surface area (Å²) < 4.78 is 5.84. The third-order valence-corrected chi connectivity index (χ3v) is 9.52. The highest BCUT2D eigenvalue weighted by molar-refractivity contribution is 5.96. The molecule has 1 saturated carbocycles. The zero-order valence-corrected chi connectivity index (χ0v) is 19.3.